The van der Waals surface area contributed by atoms with Crippen LogP contribution in [0.2, 0.25) is 0 Å². The van der Waals surface area contributed by atoms with E-state index in [1.54, 1.807) is 6.08 Å². The van der Waals surface area contributed by atoms with E-state index in [1.807, 2.05) is 13.8 Å². The van der Waals surface area contributed by atoms with Crippen LogP contribution in [0.25, 0.3) is 0 Å². The summed E-state index contributed by atoms with van der Waals surface area (Å²) in [5.41, 5.74) is 1.01. The quantitative estimate of drug-likeness (QED) is 0.245. The van der Waals surface area contributed by atoms with E-state index in [4.69, 9.17) is 4.84 Å². The van der Waals surface area contributed by atoms with Crippen molar-refractivity contribution in [3.05, 3.63) is 12.7 Å². The molecule has 0 heterocycles. The van der Waals surface area contributed by atoms with Crippen molar-refractivity contribution >= 4 is 5.71 Å². The van der Waals surface area contributed by atoms with Crippen molar-refractivity contribution in [1.82, 2.24) is 0 Å². The summed E-state index contributed by atoms with van der Waals surface area (Å²) in [4.78, 5) is 4.81. The first-order chi connectivity index (χ1) is 4.31. The fourth-order valence-electron chi connectivity index (χ4n) is 0.265. The third kappa shape index (κ3) is 5.07. The van der Waals surface area contributed by atoms with Crippen molar-refractivity contribution < 1.29 is 4.84 Å². The molecule has 0 saturated heterocycles. The van der Waals surface area contributed by atoms with Crippen LogP contribution in [0, 0.1) is 0 Å². The minimum atomic E-state index is 0.497. The lowest BCUT2D eigenvalue weighted by atomic mass is 10.3. The van der Waals surface area contributed by atoms with Gasteiger partial charge in [-0.25, -0.2) is 0 Å². The van der Waals surface area contributed by atoms with Gasteiger partial charge in [0.25, 0.3) is 0 Å². The fraction of sp³-hybridized carbons (Fsp3) is 0.571. The van der Waals surface area contributed by atoms with Gasteiger partial charge in [-0.1, -0.05) is 24.7 Å². The minimum absolute atomic E-state index is 0.497. The van der Waals surface area contributed by atoms with Crippen molar-refractivity contribution in [2.45, 2.75) is 20.3 Å². The highest BCUT2D eigenvalue weighted by molar-refractivity contribution is 5.80. The number of hydrogen-bond donors (Lipinski definition) is 0. The molecule has 0 aliphatic rings. The van der Waals surface area contributed by atoms with Gasteiger partial charge >= 0.3 is 0 Å². The van der Waals surface area contributed by atoms with Gasteiger partial charge in [0.1, 0.15) is 6.61 Å². The molecular weight excluding hydrogens is 114 g/mol. The molecule has 0 spiro atoms. The van der Waals surface area contributed by atoms with Gasteiger partial charge < -0.3 is 4.84 Å². The summed E-state index contributed by atoms with van der Waals surface area (Å²) < 4.78 is 0. The minimum Gasteiger partial charge on any atom is -0.392 e. The third-order valence-corrected chi connectivity index (χ3v) is 0.924. The zero-order valence-corrected chi connectivity index (χ0v) is 6.05. The molecule has 0 saturated carbocycles. The van der Waals surface area contributed by atoms with E-state index in [1.165, 1.54) is 0 Å². The van der Waals surface area contributed by atoms with Crippen LogP contribution in [-0.4, -0.2) is 12.3 Å². The molecule has 2 heteroatoms. The lowest BCUT2D eigenvalue weighted by Crippen LogP contribution is -1.90. The predicted octanol–water partition coefficient (Wildman–Crippen LogP) is 1.97. The molecule has 0 aromatic carbocycles. The molecule has 0 amide bonds. The highest BCUT2D eigenvalue weighted by atomic mass is 16.6. The lowest BCUT2D eigenvalue weighted by Gasteiger charge is -1.93. The summed E-state index contributed by atoms with van der Waals surface area (Å²) in [6, 6.07) is 0. The van der Waals surface area contributed by atoms with Gasteiger partial charge in [-0.3, -0.25) is 0 Å². The molecule has 52 valence electrons. The number of nitrogens with zero attached hydrogens (tertiary/aromatic N) is 1. The smallest absolute Gasteiger partial charge is 0.135 e. The summed E-state index contributed by atoms with van der Waals surface area (Å²) in [6.07, 6.45) is 2.61. The van der Waals surface area contributed by atoms with E-state index in [0.29, 0.717) is 6.61 Å². The van der Waals surface area contributed by atoms with Gasteiger partial charge in [0, 0.05) is 0 Å². The number of hydrogen-bond acceptors (Lipinski definition) is 2. The zero-order chi connectivity index (χ0) is 7.11. The van der Waals surface area contributed by atoms with Crippen molar-refractivity contribution in [3.63, 3.8) is 0 Å². The summed E-state index contributed by atoms with van der Waals surface area (Å²) in [5.74, 6) is 0. The maximum atomic E-state index is 4.81. The molecule has 0 fully saturated rings. The second kappa shape index (κ2) is 5.35. The molecule has 9 heavy (non-hydrogen) atoms. The standard InChI is InChI=1S/C7H13NO/c1-4-6-9-8-7(3)5-2/h4H,1,5-6H2,2-3H3. The normalized spacial score (nSPS) is 11.1. The molecule has 0 unspecified atom stereocenters. The number of oxime groups is 1. The van der Waals surface area contributed by atoms with Gasteiger partial charge in [0.2, 0.25) is 0 Å². The maximum Gasteiger partial charge on any atom is 0.135 e. The Balaban J connectivity index is 3.31. The Morgan fingerprint density at radius 2 is 2.44 bits per heavy atom. The van der Waals surface area contributed by atoms with Crippen LogP contribution in [0.4, 0.5) is 0 Å². The zero-order valence-electron chi connectivity index (χ0n) is 6.05. The Kier molecular flexibility index (Phi) is 4.88. The van der Waals surface area contributed by atoms with Gasteiger partial charge in [-0.05, 0) is 13.3 Å². The van der Waals surface area contributed by atoms with E-state index in [2.05, 4.69) is 11.7 Å². The fourth-order valence-corrected chi connectivity index (χ4v) is 0.265. The molecule has 0 bridgehead atoms. The van der Waals surface area contributed by atoms with E-state index >= 15 is 0 Å². The van der Waals surface area contributed by atoms with Crippen molar-refractivity contribution in [1.29, 1.82) is 0 Å². The van der Waals surface area contributed by atoms with E-state index < -0.39 is 0 Å². The topological polar surface area (TPSA) is 21.6 Å². The van der Waals surface area contributed by atoms with Crippen molar-refractivity contribution in [2.24, 2.45) is 5.16 Å². The summed E-state index contributed by atoms with van der Waals surface area (Å²) in [5, 5.41) is 3.78. The van der Waals surface area contributed by atoms with Gasteiger partial charge in [-0.2, -0.15) is 0 Å². The van der Waals surface area contributed by atoms with Crippen LogP contribution in [-0.2, 0) is 4.84 Å². The summed E-state index contributed by atoms with van der Waals surface area (Å²) in [6.45, 7) is 7.96. The van der Waals surface area contributed by atoms with E-state index in [0.717, 1.165) is 12.1 Å². The van der Waals surface area contributed by atoms with Crippen LogP contribution < -0.4 is 0 Å². The molecule has 0 N–H and O–H groups in total. The van der Waals surface area contributed by atoms with Crippen LogP contribution in [0.1, 0.15) is 20.3 Å². The lowest BCUT2D eigenvalue weighted by molar-refractivity contribution is 0.174. The second-order valence-corrected chi connectivity index (χ2v) is 1.76. The van der Waals surface area contributed by atoms with Gasteiger partial charge in [0.05, 0.1) is 5.71 Å². The molecule has 2 nitrogen and oxygen atoms in total. The highest BCUT2D eigenvalue weighted by Crippen LogP contribution is 1.85. The van der Waals surface area contributed by atoms with E-state index in [9.17, 15) is 0 Å². The van der Waals surface area contributed by atoms with Crippen molar-refractivity contribution in [2.75, 3.05) is 6.61 Å². The average Bonchev–Trinajstić information content (AvgIpc) is 1.89. The molecular formula is C7H13NO. The Bertz CT molecular complexity index is 107. The van der Waals surface area contributed by atoms with Crippen LogP contribution >= 0.6 is 0 Å². The highest BCUT2D eigenvalue weighted by Gasteiger charge is 1.82. The summed E-state index contributed by atoms with van der Waals surface area (Å²) >= 11 is 0. The Morgan fingerprint density at radius 1 is 1.78 bits per heavy atom. The molecule has 0 rings (SSSR count). The Labute approximate surface area is 56.2 Å². The second-order valence-electron chi connectivity index (χ2n) is 1.76. The van der Waals surface area contributed by atoms with E-state index in [-0.39, 0.29) is 0 Å². The van der Waals surface area contributed by atoms with Crippen LogP contribution in [0.5, 0.6) is 0 Å². The number of rotatable bonds is 4. The molecule has 0 aromatic rings. The Morgan fingerprint density at radius 3 is 2.89 bits per heavy atom. The van der Waals surface area contributed by atoms with Crippen LogP contribution in [0.15, 0.2) is 17.8 Å². The first kappa shape index (κ1) is 8.21. The first-order valence-electron chi connectivity index (χ1n) is 3.07. The molecule has 0 atom stereocenters. The largest absolute Gasteiger partial charge is 0.392 e. The third-order valence-electron chi connectivity index (χ3n) is 0.924. The molecule has 0 aliphatic heterocycles. The molecule has 0 radical (unpaired) electrons. The molecule has 0 aromatic heterocycles. The average molecular weight is 127 g/mol. The molecule has 0 aliphatic carbocycles. The predicted molar refractivity (Wildman–Crippen MR) is 39.5 cm³/mol. The van der Waals surface area contributed by atoms with Crippen LogP contribution in [0.3, 0.4) is 0 Å². The maximum absolute atomic E-state index is 4.81. The van der Waals surface area contributed by atoms with Gasteiger partial charge in [-0.15, -0.1) is 0 Å². The Hall–Kier alpha value is -0.790. The van der Waals surface area contributed by atoms with Gasteiger partial charge in [0.15, 0.2) is 0 Å². The monoisotopic (exact) mass is 127 g/mol. The first-order valence-corrected chi connectivity index (χ1v) is 3.07. The summed E-state index contributed by atoms with van der Waals surface area (Å²) in [7, 11) is 0. The SMILES string of the molecule is C=CCON=C(C)CC. The van der Waals surface area contributed by atoms with Crippen molar-refractivity contribution in [3.8, 4) is 0 Å².